The predicted molar refractivity (Wildman–Crippen MR) is 136 cm³/mol. The minimum Gasteiger partial charge on any atom is -0.462 e. The number of carbonyl (C=O) groups excluding carboxylic acids is 1. The Morgan fingerprint density at radius 1 is 1.27 bits per heavy atom. The highest BCUT2D eigenvalue weighted by Gasteiger charge is 2.36. The number of alkyl halides is 3. The summed E-state index contributed by atoms with van der Waals surface area (Å²) < 4.78 is 46.0. The molecule has 0 saturated heterocycles. The van der Waals surface area contributed by atoms with E-state index in [-0.39, 0.29) is 24.6 Å². The average Bonchev–Trinajstić information content (AvgIpc) is 2.86. The van der Waals surface area contributed by atoms with Gasteiger partial charge in [0.25, 0.3) is 0 Å². The van der Waals surface area contributed by atoms with Crippen molar-refractivity contribution in [3.05, 3.63) is 64.6 Å². The van der Waals surface area contributed by atoms with E-state index in [4.69, 9.17) is 9.84 Å². The smallest absolute Gasteiger partial charge is 0.417 e. The molecular formula is C26H33F3N6O2. The number of ether oxygens (including phenoxy) is 1. The molecule has 3 rings (SSSR count). The van der Waals surface area contributed by atoms with Crippen LogP contribution in [0.5, 0.6) is 0 Å². The molecular weight excluding hydrogens is 485 g/mol. The molecule has 3 heterocycles. The van der Waals surface area contributed by atoms with Crippen LogP contribution in [0, 0.1) is 0 Å². The third-order valence-corrected chi connectivity index (χ3v) is 6.10. The summed E-state index contributed by atoms with van der Waals surface area (Å²) in [6.07, 6.45) is 0.806. The summed E-state index contributed by atoms with van der Waals surface area (Å²) in [6.45, 7) is 8.22. The highest BCUT2D eigenvalue weighted by Crippen LogP contribution is 2.33. The van der Waals surface area contributed by atoms with Crippen molar-refractivity contribution in [2.75, 3.05) is 25.5 Å². The van der Waals surface area contributed by atoms with Crippen molar-refractivity contribution in [1.82, 2.24) is 20.3 Å². The number of aromatic nitrogens is 2. The Labute approximate surface area is 215 Å². The summed E-state index contributed by atoms with van der Waals surface area (Å²) in [6, 6.07) is 4.38. The molecule has 0 saturated carbocycles. The SMILES string of the molecule is CCCCOC(=O)c1cnc(N[C@H](C)CNC2C(C)=C(C)C(c3cccnc3)=NN2C)cc1C(F)(F)F. The molecule has 0 amide bonds. The van der Waals surface area contributed by atoms with Crippen LogP contribution in [0.25, 0.3) is 0 Å². The third-order valence-electron chi connectivity index (χ3n) is 6.10. The molecule has 1 unspecified atom stereocenters. The van der Waals surface area contributed by atoms with Crippen molar-refractivity contribution in [1.29, 1.82) is 0 Å². The topological polar surface area (TPSA) is 91.7 Å². The third kappa shape index (κ3) is 7.06. The Balaban J connectivity index is 1.67. The molecule has 8 nitrogen and oxygen atoms in total. The number of hydrogen-bond acceptors (Lipinski definition) is 8. The number of rotatable bonds is 10. The summed E-state index contributed by atoms with van der Waals surface area (Å²) in [5.74, 6) is -1.01. The number of likely N-dealkylation sites (N-methyl/N-ethyl adjacent to an activating group) is 1. The van der Waals surface area contributed by atoms with Crippen LogP contribution in [0.3, 0.4) is 0 Å². The first-order valence-corrected chi connectivity index (χ1v) is 12.2. The van der Waals surface area contributed by atoms with Gasteiger partial charge in [-0.25, -0.2) is 9.78 Å². The maximum absolute atomic E-state index is 13.7. The number of carbonyl (C=O) groups is 1. The zero-order valence-electron chi connectivity index (χ0n) is 21.7. The minimum atomic E-state index is -4.73. The van der Waals surface area contributed by atoms with Gasteiger partial charge in [0.1, 0.15) is 12.0 Å². The predicted octanol–water partition coefficient (Wildman–Crippen LogP) is 4.85. The van der Waals surface area contributed by atoms with Gasteiger partial charge in [0.15, 0.2) is 0 Å². The molecule has 0 aliphatic carbocycles. The molecule has 2 aromatic heterocycles. The number of hydrazone groups is 1. The molecule has 0 radical (unpaired) electrons. The number of allylic oxidation sites excluding steroid dienone is 1. The Hall–Kier alpha value is -3.47. The van der Waals surface area contributed by atoms with E-state index in [1.54, 1.807) is 12.4 Å². The maximum Gasteiger partial charge on any atom is 0.417 e. The largest absolute Gasteiger partial charge is 0.462 e. The molecule has 2 atom stereocenters. The van der Waals surface area contributed by atoms with Gasteiger partial charge >= 0.3 is 12.1 Å². The zero-order chi connectivity index (χ0) is 27.2. The molecule has 0 aromatic carbocycles. The summed E-state index contributed by atoms with van der Waals surface area (Å²) in [4.78, 5) is 20.4. The second-order valence-electron chi connectivity index (χ2n) is 9.03. The molecule has 2 N–H and O–H groups in total. The van der Waals surface area contributed by atoms with Gasteiger partial charge in [0, 0.05) is 43.8 Å². The summed E-state index contributed by atoms with van der Waals surface area (Å²) in [5.41, 5.74) is 2.19. The van der Waals surface area contributed by atoms with E-state index >= 15 is 0 Å². The number of nitrogens with one attached hydrogen (secondary N) is 2. The van der Waals surface area contributed by atoms with Crippen LogP contribution in [-0.2, 0) is 10.9 Å². The van der Waals surface area contributed by atoms with Gasteiger partial charge in [-0.3, -0.25) is 15.3 Å². The average molecular weight is 519 g/mol. The monoisotopic (exact) mass is 518 g/mol. The molecule has 2 aromatic rings. The standard InChI is InChI=1S/C26H33F3N6O2/c1-6-7-11-37-25(36)20-15-31-22(12-21(20)26(27,28)29)33-16(2)13-32-24-18(4)17(3)23(34-35(24)5)19-9-8-10-30-14-19/h8-10,12,14-16,24,32H,6-7,11,13H2,1-5H3,(H,31,33)/t16-,24?/m1/s1. The molecule has 200 valence electrons. The molecule has 1 aliphatic rings. The lowest BCUT2D eigenvalue weighted by molar-refractivity contribution is -0.138. The normalized spacial score (nSPS) is 16.9. The van der Waals surface area contributed by atoms with Gasteiger partial charge in [-0.2, -0.15) is 18.3 Å². The first kappa shape index (κ1) is 28.1. The van der Waals surface area contributed by atoms with Gasteiger partial charge in [-0.15, -0.1) is 0 Å². The Kier molecular flexibility index (Phi) is 9.25. The van der Waals surface area contributed by atoms with E-state index < -0.39 is 23.3 Å². The molecule has 0 bridgehead atoms. The van der Waals surface area contributed by atoms with Crippen LogP contribution in [-0.4, -0.2) is 59.1 Å². The van der Waals surface area contributed by atoms with Crippen LogP contribution in [0.15, 0.2) is 53.0 Å². The number of anilines is 1. The van der Waals surface area contributed by atoms with Crippen molar-refractivity contribution < 1.29 is 22.7 Å². The lowest BCUT2D eigenvalue weighted by Gasteiger charge is -2.34. The van der Waals surface area contributed by atoms with E-state index in [1.165, 1.54) is 0 Å². The molecule has 0 fully saturated rings. The van der Waals surface area contributed by atoms with E-state index in [2.05, 4.69) is 20.6 Å². The first-order chi connectivity index (χ1) is 17.5. The quantitative estimate of drug-likeness (QED) is 0.343. The lowest BCUT2D eigenvalue weighted by Crippen LogP contribution is -2.48. The van der Waals surface area contributed by atoms with Gasteiger partial charge < -0.3 is 10.1 Å². The number of halogens is 3. The van der Waals surface area contributed by atoms with E-state index in [0.29, 0.717) is 13.0 Å². The van der Waals surface area contributed by atoms with Gasteiger partial charge in [-0.1, -0.05) is 13.3 Å². The van der Waals surface area contributed by atoms with Crippen LogP contribution < -0.4 is 10.6 Å². The maximum atomic E-state index is 13.7. The second-order valence-corrected chi connectivity index (χ2v) is 9.03. The Morgan fingerprint density at radius 2 is 2.03 bits per heavy atom. The van der Waals surface area contributed by atoms with Gasteiger partial charge in [0.05, 0.1) is 23.4 Å². The van der Waals surface area contributed by atoms with Crippen molar-refractivity contribution in [3.8, 4) is 0 Å². The highest BCUT2D eigenvalue weighted by molar-refractivity contribution is 6.12. The van der Waals surface area contributed by atoms with Crippen molar-refractivity contribution in [3.63, 3.8) is 0 Å². The van der Waals surface area contributed by atoms with E-state index in [9.17, 15) is 18.0 Å². The number of hydrogen-bond donors (Lipinski definition) is 2. The fourth-order valence-electron chi connectivity index (χ4n) is 3.94. The molecule has 11 heteroatoms. The molecule has 1 aliphatic heterocycles. The van der Waals surface area contributed by atoms with E-state index in [1.807, 2.05) is 51.9 Å². The lowest BCUT2D eigenvalue weighted by atomic mass is 9.97. The van der Waals surface area contributed by atoms with Crippen LogP contribution in [0.2, 0.25) is 0 Å². The summed E-state index contributed by atoms with van der Waals surface area (Å²) in [7, 11) is 1.86. The highest BCUT2D eigenvalue weighted by atomic mass is 19.4. The first-order valence-electron chi connectivity index (χ1n) is 12.2. The summed E-state index contributed by atoms with van der Waals surface area (Å²) in [5, 5.41) is 12.9. The van der Waals surface area contributed by atoms with Crippen LogP contribution >= 0.6 is 0 Å². The zero-order valence-corrected chi connectivity index (χ0v) is 21.7. The van der Waals surface area contributed by atoms with Crippen molar-refractivity contribution >= 4 is 17.5 Å². The Morgan fingerprint density at radius 3 is 2.68 bits per heavy atom. The van der Waals surface area contributed by atoms with Gasteiger partial charge in [-0.05, 0) is 56.5 Å². The fraction of sp³-hybridized carbons (Fsp3) is 0.462. The molecule has 0 spiro atoms. The van der Waals surface area contributed by atoms with Crippen molar-refractivity contribution in [2.24, 2.45) is 5.10 Å². The number of esters is 1. The number of nitrogens with zero attached hydrogens (tertiary/aromatic N) is 4. The second kappa shape index (κ2) is 12.2. The van der Waals surface area contributed by atoms with Crippen LogP contribution in [0.1, 0.15) is 62.0 Å². The molecule has 37 heavy (non-hydrogen) atoms. The number of unbranched alkanes of at least 4 members (excludes halogenated alkanes) is 1. The van der Waals surface area contributed by atoms with E-state index in [0.717, 1.165) is 41.1 Å². The van der Waals surface area contributed by atoms with Crippen LogP contribution in [0.4, 0.5) is 19.0 Å². The summed E-state index contributed by atoms with van der Waals surface area (Å²) >= 11 is 0. The van der Waals surface area contributed by atoms with Gasteiger partial charge in [0.2, 0.25) is 0 Å². The van der Waals surface area contributed by atoms with Crippen molar-refractivity contribution in [2.45, 2.75) is 58.9 Å². The fourth-order valence-corrected chi connectivity index (χ4v) is 3.94. The Bertz CT molecular complexity index is 1150. The number of pyridine rings is 2. The minimum absolute atomic E-state index is 0.0176.